The Morgan fingerprint density at radius 3 is 2.21 bits per heavy atom. The Kier molecular flexibility index (Phi) is 6.62. The first-order valence-corrected chi connectivity index (χ1v) is 5.82. The maximum atomic E-state index is 12.7. The van der Waals surface area contributed by atoms with Gasteiger partial charge in [-0.3, -0.25) is 0 Å². The number of rotatable bonds is 3. The molecule has 0 bridgehead atoms. The Labute approximate surface area is 121 Å². The van der Waals surface area contributed by atoms with E-state index in [2.05, 4.69) is 0 Å². The number of alkyl halides is 3. The van der Waals surface area contributed by atoms with Crippen molar-refractivity contribution in [1.82, 2.24) is 0 Å². The van der Waals surface area contributed by atoms with Gasteiger partial charge in [0, 0.05) is 0 Å². The van der Waals surface area contributed by atoms with E-state index in [1.54, 1.807) is 13.8 Å². The first-order chi connectivity index (χ1) is 8.14. The molecule has 110 valence electrons. The summed E-state index contributed by atoms with van der Waals surface area (Å²) >= 11 is 5.50. The maximum Gasteiger partial charge on any atom is 0.417 e. The fraction of sp³-hybridized carbons (Fsp3) is 0.500. The predicted molar refractivity (Wildman–Crippen MR) is 71.5 cm³/mol. The van der Waals surface area contributed by atoms with Gasteiger partial charge in [0.15, 0.2) is 0 Å². The van der Waals surface area contributed by atoms with E-state index < -0.39 is 23.9 Å². The molecule has 19 heavy (non-hydrogen) atoms. The van der Waals surface area contributed by atoms with E-state index in [1.165, 1.54) is 6.07 Å². The summed E-state index contributed by atoms with van der Waals surface area (Å²) in [6.45, 7) is 3.48. The van der Waals surface area contributed by atoms with Gasteiger partial charge >= 0.3 is 6.18 Å². The van der Waals surface area contributed by atoms with E-state index in [0.29, 0.717) is 0 Å². The molecule has 0 unspecified atom stereocenters. The normalized spacial score (nSPS) is 15.0. The van der Waals surface area contributed by atoms with E-state index in [9.17, 15) is 18.3 Å². The quantitative estimate of drug-likeness (QED) is 0.890. The number of benzene rings is 1. The van der Waals surface area contributed by atoms with Gasteiger partial charge in [0.25, 0.3) is 0 Å². The molecule has 3 N–H and O–H groups in total. The third kappa shape index (κ3) is 4.53. The van der Waals surface area contributed by atoms with Gasteiger partial charge in [0.1, 0.15) is 0 Å². The van der Waals surface area contributed by atoms with Crippen molar-refractivity contribution in [2.45, 2.75) is 32.2 Å². The highest BCUT2D eigenvalue weighted by atomic mass is 35.5. The summed E-state index contributed by atoms with van der Waals surface area (Å²) in [7, 11) is 0. The van der Waals surface area contributed by atoms with Gasteiger partial charge in [-0.2, -0.15) is 13.2 Å². The molecule has 0 saturated carbocycles. The third-order valence-corrected chi connectivity index (χ3v) is 3.06. The molecular formula is C12H16Cl2F3NO. The zero-order valence-electron chi connectivity index (χ0n) is 10.4. The summed E-state index contributed by atoms with van der Waals surface area (Å²) in [5.41, 5.74) is 5.02. The van der Waals surface area contributed by atoms with Crippen LogP contribution in [0.4, 0.5) is 13.2 Å². The predicted octanol–water partition coefficient (Wildman–Crippen LogP) is 3.80. The fourth-order valence-corrected chi connectivity index (χ4v) is 1.80. The molecule has 0 amide bonds. The van der Waals surface area contributed by atoms with E-state index in [-0.39, 0.29) is 28.9 Å². The monoisotopic (exact) mass is 317 g/mol. The number of aliphatic hydroxyl groups excluding tert-OH is 1. The average molecular weight is 318 g/mol. The van der Waals surface area contributed by atoms with Crippen LogP contribution in [-0.4, -0.2) is 11.2 Å². The third-order valence-electron chi connectivity index (χ3n) is 2.73. The van der Waals surface area contributed by atoms with Gasteiger partial charge in [-0.1, -0.05) is 31.5 Å². The summed E-state index contributed by atoms with van der Waals surface area (Å²) in [5, 5.41) is 9.39. The summed E-state index contributed by atoms with van der Waals surface area (Å²) < 4.78 is 38.0. The van der Waals surface area contributed by atoms with Crippen molar-refractivity contribution in [3.63, 3.8) is 0 Å². The van der Waals surface area contributed by atoms with Crippen molar-refractivity contribution in [1.29, 1.82) is 0 Å². The zero-order valence-corrected chi connectivity index (χ0v) is 12.0. The molecule has 0 spiro atoms. The highest BCUT2D eigenvalue weighted by Gasteiger charge is 2.34. The van der Waals surface area contributed by atoms with Gasteiger partial charge in [0.05, 0.1) is 22.7 Å². The highest BCUT2D eigenvalue weighted by Crippen LogP contribution is 2.36. The zero-order chi connectivity index (χ0) is 14.1. The lowest BCUT2D eigenvalue weighted by Gasteiger charge is -2.23. The van der Waals surface area contributed by atoms with Crippen LogP contribution in [0.3, 0.4) is 0 Å². The van der Waals surface area contributed by atoms with Gasteiger partial charge < -0.3 is 10.8 Å². The maximum absolute atomic E-state index is 12.7. The minimum atomic E-state index is -4.53. The fourth-order valence-electron chi connectivity index (χ4n) is 1.58. The Morgan fingerprint density at radius 1 is 1.26 bits per heavy atom. The lowest BCUT2D eigenvalue weighted by atomic mass is 9.93. The average Bonchev–Trinajstić information content (AvgIpc) is 2.26. The Balaban J connectivity index is 0.00000324. The van der Waals surface area contributed by atoms with Crippen LogP contribution in [0.2, 0.25) is 5.02 Å². The molecule has 0 saturated heterocycles. The van der Waals surface area contributed by atoms with Crippen molar-refractivity contribution in [3.05, 3.63) is 34.3 Å². The second-order valence-corrected chi connectivity index (χ2v) is 4.90. The number of halogens is 5. The van der Waals surface area contributed by atoms with E-state index in [0.717, 1.165) is 12.1 Å². The topological polar surface area (TPSA) is 46.2 Å². The van der Waals surface area contributed by atoms with Crippen LogP contribution in [0, 0.1) is 5.92 Å². The van der Waals surface area contributed by atoms with Crippen LogP contribution in [-0.2, 0) is 6.18 Å². The Bertz CT molecular complexity index is 424. The molecule has 1 aromatic carbocycles. The number of hydrogen-bond acceptors (Lipinski definition) is 2. The molecule has 2 nitrogen and oxygen atoms in total. The highest BCUT2D eigenvalue weighted by molar-refractivity contribution is 6.31. The van der Waals surface area contributed by atoms with Crippen LogP contribution < -0.4 is 5.73 Å². The lowest BCUT2D eigenvalue weighted by Crippen LogP contribution is -2.30. The van der Waals surface area contributed by atoms with Crippen molar-refractivity contribution in [2.24, 2.45) is 11.7 Å². The van der Waals surface area contributed by atoms with Crippen LogP contribution >= 0.6 is 24.0 Å². The number of aliphatic hydroxyl groups is 1. The first kappa shape index (κ1) is 18.5. The molecule has 0 fully saturated rings. The van der Waals surface area contributed by atoms with Gasteiger partial charge in [0.2, 0.25) is 0 Å². The minimum absolute atomic E-state index is 0. The van der Waals surface area contributed by atoms with Crippen molar-refractivity contribution >= 4 is 24.0 Å². The van der Waals surface area contributed by atoms with E-state index in [4.69, 9.17) is 17.3 Å². The Hall–Kier alpha value is -0.490. The molecule has 0 aromatic heterocycles. The number of hydrogen-bond donors (Lipinski definition) is 2. The summed E-state index contributed by atoms with van der Waals surface area (Å²) in [6.07, 6.45) is -5.44. The largest absolute Gasteiger partial charge is 0.417 e. The van der Waals surface area contributed by atoms with Crippen LogP contribution in [0.15, 0.2) is 18.2 Å². The van der Waals surface area contributed by atoms with Crippen LogP contribution in [0.25, 0.3) is 0 Å². The molecular weight excluding hydrogens is 302 g/mol. The summed E-state index contributed by atoms with van der Waals surface area (Å²) in [6, 6.07) is 2.56. The van der Waals surface area contributed by atoms with Crippen molar-refractivity contribution in [3.8, 4) is 0 Å². The molecule has 0 aliphatic carbocycles. The smallest absolute Gasteiger partial charge is 0.391 e. The standard InChI is InChI=1S/C12H15ClF3NO.ClH/c1-6(2)11(18)10(17)7-3-4-9(13)8(5-7)12(14,15)16;/h3-6,10-11,18H,17H2,1-2H3;1H/t10-,11+;/m1./s1. The number of nitrogens with two attached hydrogens (primary N) is 1. The minimum Gasteiger partial charge on any atom is -0.391 e. The molecule has 2 atom stereocenters. The van der Waals surface area contributed by atoms with E-state index in [1.807, 2.05) is 0 Å². The molecule has 1 aromatic rings. The second-order valence-electron chi connectivity index (χ2n) is 4.50. The van der Waals surface area contributed by atoms with Gasteiger partial charge in [-0.25, -0.2) is 0 Å². The molecule has 7 heteroatoms. The van der Waals surface area contributed by atoms with Crippen LogP contribution in [0.1, 0.15) is 31.0 Å². The summed E-state index contributed by atoms with van der Waals surface area (Å²) in [4.78, 5) is 0. The van der Waals surface area contributed by atoms with Gasteiger partial charge in [-0.15, -0.1) is 12.4 Å². The molecule has 0 radical (unpaired) electrons. The van der Waals surface area contributed by atoms with Gasteiger partial charge in [-0.05, 0) is 23.6 Å². The van der Waals surface area contributed by atoms with Crippen molar-refractivity contribution in [2.75, 3.05) is 0 Å². The Morgan fingerprint density at radius 2 is 1.79 bits per heavy atom. The molecule has 0 heterocycles. The lowest BCUT2D eigenvalue weighted by molar-refractivity contribution is -0.137. The van der Waals surface area contributed by atoms with Crippen LogP contribution in [0.5, 0.6) is 0 Å². The SMILES string of the molecule is CC(C)[C@H](O)[C@H](N)c1ccc(Cl)c(C(F)(F)F)c1.Cl. The second kappa shape index (κ2) is 6.79. The molecule has 0 aliphatic rings. The first-order valence-electron chi connectivity index (χ1n) is 5.45. The summed E-state index contributed by atoms with van der Waals surface area (Å²) in [5.74, 6) is -0.148. The van der Waals surface area contributed by atoms with E-state index >= 15 is 0 Å². The van der Waals surface area contributed by atoms with Crippen molar-refractivity contribution < 1.29 is 18.3 Å². The molecule has 0 aliphatic heterocycles. The molecule has 1 rings (SSSR count).